The maximum absolute atomic E-state index is 12.9. The molecule has 2 aliphatic rings. The van der Waals surface area contributed by atoms with Gasteiger partial charge in [0.05, 0.1) is 16.5 Å². The molecule has 2 aliphatic carbocycles. The molecule has 0 spiro atoms. The van der Waals surface area contributed by atoms with E-state index in [1.54, 1.807) is 12.1 Å². The molecular weight excluding hydrogens is 358 g/mol. The summed E-state index contributed by atoms with van der Waals surface area (Å²) in [5.74, 6) is -0.346. The molecule has 2 unspecified atom stereocenters. The number of carbonyl (C=O) groups is 1. The summed E-state index contributed by atoms with van der Waals surface area (Å²) in [5, 5.41) is 23.0. The molecule has 132 valence electrons. The number of aliphatic hydroxyl groups is 1. The molecule has 6 heteroatoms. The summed E-state index contributed by atoms with van der Waals surface area (Å²) >= 11 is 7.43. The third-order valence-corrected chi connectivity index (χ3v) is 7.24. The summed E-state index contributed by atoms with van der Waals surface area (Å²) in [6, 6.07) is 7.27. The number of ketones is 1. The molecule has 0 radical (unpaired) electrons. The van der Waals surface area contributed by atoms with Gasteiger partial charge in [-0.25, -0.2) is 0 Å². The van der Waals surface area contributed by atoms with Crippen molar-refractivity contribution in [3.05, 3.63) is 39.9 Å². The SMILES string of the molecule is CCc1sc(-c2ccc(Cl)cc2)[n+](O)c1C1C(=O)[C@H]2CC[C@H](C2)C1O. The number of hydrogen-bond acceptors (Lipinski definition) is 4. The Balaban J connectivity index is 1.82. The fourth-order valence-electron chi connectivity index (χ4n) is 4.35. The van der Waals surface area contributed by atoms with Gasteiger partial charge in [0.1, 0.15) is 5.92 Å². The highest BCUT2D eigenvalue weighted by atomic mass is 35.5. The van der Waals surface area contributed by atoms with Crippen LogP contribution in [-0.2, 0) is 11.2 Å². The Morgan fingerprint density at radius 1 is 1.28 bits per heavy atom. The van der Waals surface area contributed by atoms with Crippen LogP contribution in [0.5, 0.6) is 0 Å². The van der Waals surface area contributed by atoms with Gasteiger partial charge in [-0.2, -0.15) is 0 Å². The van der Waals surface area contributed by atoms with Crippen molar-refractivity contribution in [2.24, 2.45) is 11.8 Å². The number of aryl methyl sites for hydroxylation is 1. The Labute approximate surface area is 155 Å². The Bertz CT molecular complexity index is 817. The summed E-state index contributed by atoms with van der Waals surface area (Å²) in [6.07, 6.45) is 2.55. The van der Waals surface area contributed by atoms with E-state index in [1.165, 1.54) is 11.3 Å². The van der Waals surface area contributed by atoms with Crippen LogP contribution in [0.2, 0.25) is 5.02 Å². The predicted molar refractivity (Wildman–Crippen MR) is 96.1 cm³/mol. The van der Waals surface area contributed by atoms with Gasteiger partial charge in [0.25, 0.3) is 5.69 Å². The molecule has 2 saturated carbocycles. The molecule has 0 aliphatic heterocycles. The molecule has 4 rings (SSSR count). The van der Waals surface area contributed by atoms with Crippen molar-refractivity contribution in [1.82, 2.24) is 0 Å². The van der Waals surface area contributed by atoms with E-state index in [0.717, 1.165) is 34.4 Å². The number of fused-ring (bicyclic) bond motifs is 2. The van der Waals surface area contributed by atoms with Gasteiger partial charge in [0, 0.05) is 15.7 Å². The summed E-state index contributed by atoms with van der Waals surface area (Å²) in [4.78, 5) is 13.9. The van der Waals surface area contributed by atoms with E-state index < -0.39 is 12.0 Å². The van der Waals surface area contributed by atoms with Gasteiger partial charge in [0.15, 0.2) is 5.78 Å². The third-order valence-electron chi connectivity index (χ3n) is 5.64. The van der Waals surface area contributed by atoms with Gasteiger partial charge in [-0.1, -0.05) is 29.9 Å². The number of aliphatic hydroxyl groups excluding tert-OH is 1. The average molecular weight is 379 g/mol. The monoisotopic (exact) mass is 378 g/mol. The predicted octanol–water partition coefficient (Wildman–Crippen LogP) is 3.60. The largest absolute Gasteiger partial charge is 0.391 e. The van der Waals surface area contributed by atoms with Crippen LogP contribution in [0.3, 0.4) is 0 Å². The molecule has 0 saturated heterocycles. The van der Waals surface area contributed by atoms with Crippen LogP contribution in [0.25, 0.3) is 10.6 Å². The minimum absolute atomic E-state index is 0.0296. The molecule has 1 heterocycles. The first kappa shape index (κ1) is 17.0. The standard InChI is InChI=1S/C19H21ClNO3S/c1-2-14-16(15-17(22)11-3-4-12(9-11)18(15)23)21(24)19(25-14)10-5-7-13(20)8-6-10/h5-8,11-12,15,17,22,24H,2-4,9H2,1H3/q+1/t11-,12+,15?,17?/m1/s1. The number of halogens is 1. The van der Waals surface area contributed by atoms with E-state index in [0.29, 0.717) is 22.1 Å². The number of hydrogen-bond donors (Lipinski definition) is 2. The smallest absolute Gasteiger partial charge is 0.319 e. The van der Waals surface area contributed by atoms with Gasteiger partial charge in [0.2, 0.25) is 0 Å². The topological polar surface area (TPSA) is 61.4 Å². The normalized spacial score (nSPS) is 28.5. The van der Waals surface area contributed by atoms with Crippen molar-refractivity contribution in [3.63, 3.8) is 0 Å². The van der Waals surface area contributed by atoms with E-state index in [1.807, 2.05) is 19.1 Å². The van der Waals surface area contributed by atoms with E-state index >= 15 is 0 Å². The molecule has 1 aromatic heterocycles. The summed E-state index contributed by atoms with van der Waals surface area (Å²) in [6.45, 7) is 2.01. The van der Waals surface area contributed by atoms with Crippen molar-refractivity contribution >= 4 is 28.7 Å². The Morgan fingerprint density at radius 3 is 2.68 bits per heavy atom. The Hall–Kier alpha value is -1.43. The number of Topliss-reactive ketones (excluding diaryl/α,β-unsaturated/α-hetero) is 1. The van der Waals surface area contributed by atoms with Gasteiger partial charge >= 0.3 is 5.01 Å². The zero-order chi connectivity index (χ0) is 17.7. The van der Waals surface area contributed by atoms with Crippen LogP contribution in [0.15, 0.2) is 24.3 Å². The molecule has 4 atom stereocenters. The van der Waals surface area contributed by atoms with Crippen LogP contribution in [-0.4, -0.2) is 22.2 Å². The fourth-order valence-corrected chi connectivity index (χ4v) is 5.61. The second-order valence-electron chi connectivity index (χ2n) is 7.03. The highest BCUT2D eigenvalue weighted by Gasteiger charge is 2.52. The van der Waals surface area contributed by atoms with Crippen molar-refractivity contribution in [2.45, 2.75) is 44.6 Å². The number of rotatable bonds is 3. The first-order valence-electron chi connectivity index (χ1n) is 8.75. The zero-order valence-electron chi connectivity index (χ0n) is 14.0. The van der Waals surface area contributed by atoms with Crippen LogP contribution >= 0.6 is 22.9 Å². The van der Waals surface area contributed by atoms with Crippen molar-refractivity contribution in [1.29, 1.82) is 0 Å². The third kappa shape index (κ3) is 2.69. The fraction of sp³-hybridized carbons (Fsp3) is 0.474. The van der Waals surface area contributed by atoms with Crippen molar-refractivity contribution in [2.75, 3.05) is 0 Å². The maximum atomic E-state index is 12.9. The Morgan fingerprint density at radius 2 is 2.00 bits per heavy atom. The zero-order valence-corrected chi connectivity index (χ0v) is 15.6. The van der Waals surface area contributed by atoms with E-state index in [2.05, 4.69) is 0 Å². The molecule has 4 nitrogen and oxygen atoms in total. The number of nitrogens with zero attached hydrogens (tertiary/aromatic N) is 1. The maximum Gasteiger partial charge on any atom is 0.319 e. The minimum Gasteiger partial charge on any atom is -0.391 e. The molecular formula is C19H21ClNO3S+. The van der Waals surface area contributed by atoms with Gasteiger partial charge < -0.3 is 5.11 Å². The van der Waals surface area contributed by atoms with Crippen LogP contribution in [0.4, 0.5) is 0 Å². The first-order valence-corrected chi connectivity index (χ1v) is 9.95. The number of aromatic nitrogens is 1. The molecule has 1 aromatic carbocycles. The highest BCUT2D eigenvalue weighted by Crippen LogP contribution is 2.47. The number of thiazole rings is 1. The summed E-state index contributed by atoms with van der Waals surface area (Å²) in [7, 11) is 0. The van der Waals surface area contributed by atoms with E-state index in [-0.39, 0.29) is 17.6 Å². The highest BCUT2D eigenvalue weighted by molar-refractivity contribution is 7.14. The van der Waals surface area contributed by atoms with Crippen LogP contribution in [0.1, 0.15) is 42.7 Å². The van der Waals surface area contributed by atoms with Gasteiger partial charge in [-0.05, 0) is 55.9 Å². The molecule has 0 amide bonds. The molecule has 25 heavy (non-hydrogen) atoms. The van der Waals surface area contributed by atoms with Gasteiger partial charge in [-0.3, -0.25) is 10.0 Å². The minimum atomic E-state index is -0.706. The number of carbonyl (C=O) groups excluding carboxylic acids is 1. The van der Waals surface area contributed by atoms with Crippen LogP contribution in [0, 0.1) is 11.8 Å². The number of benzene rings is 1. The lowest BCUT2D eigenvalue weighted by Crippen LogP contribution is -2.46. The van der Waals surface area contributed by atoms with Crippen molar-refractivity contribution < 1.29 is 19.8 Å². The lowest BCUT2D eigenvalue weighted by Gasteiger charge is -2.29. The average Bonchev–Trinajstić information content (AvgIpc) is 3.19. The first-order chi connectivity index (χ1) is 12.0. The molecule has 2 bridgehead atoms. The van der Waals surface area contributed by atoms with E-state index in [4.69, 9.17) is 11.6 Å². The quantitative estimate of drug-likeness (QED) is 0.633. The summed E-state index contributed by atoms with van der Waals surface area (Å²) < 4.78 is 1.13. The van der Waals surface area contributed by atoms with Crippen molar-refractivity contribution in [3.8, 4) is 10.6 Å². The molecule has 2 N–H and O–H groups in total. The Kier molecular flexibility index (Phi) is 4.34. The lowest BCUT2D eigenvalue weighted by molar-refractivity contribution is -0.898. The lowest BCUT2D eigenvalue weighted by atomic mass is 9.75. The van der Waals surface area contributed by atoms with E-state index in [9.17, 15) is 15.1 Å². The molecule has 2 fully saturated rings. The summed E-state index contributed by atoms with van der Waals surface area (Å²) in [5.41, 5.74) is 1.42. The van der Waals surface area contributed by atoms with Gasteiger partial charge in [-0.15, -0.1) is 0 Å². The van der Waals surface area contributed by atoms with Crippen LogP contribution < -0.4 is 4.73 Å². The molecule has 2 aromatic rings. The second kappa shape index (κ2) is 6.38. The second-order valence-corrected chi connectivity index (χ2v) is 8.55.